The van der Waals surface area contributed by atoms with Gasteiger partial charge in [0.15, 0.2) is 0 Å². The molecule has 2 N–H and O–H groups in total. The molecule has 1 aromatic heterocycles. The van der Waals surface area contributed by atoms with Crippen LogP contribution in [-0.2, 0) is 16.0 Å². The van der Waals surface area contributed by atoms with E-state index in [1.165, 1.54) is 12.3 Å². The first-order valence-electron chi connectivity index (χ1n) is 12.4. The number of carbonyl (C=O) groups excluding carboxylic acids is 1. The van der Waals surface area contributed by atoms with Gasteiger partial charge in [-0.15, -0.1) is 0 Å². The summed E-state index contributed by atoms with van der Waals surface area (Å²) in [4.78, 5) is 28.6. The number of carboxylic acid groups (broad SMARTS) is 1. The molecule has 3 aromatic rings. The standard InChI is InChI=1S/C29H30F2N2O4/c1-18-19(13-14-26(34)35)7-4-8-25(18)33-28(36)27(21-5-2-3-6-21)22-11-9-20(10-12-22)23-15-24(17-32-16-23)37-29(30)31/h4,7-12,15-17,21,27,29H,2-3,5-6,13-14H2,1H3,(H,33,36)(H,34,35)/t27-/m1/s1. The van der Waals surface area contributed by atoms with Gasteiger partial charge in [0.1, 0.15) is 5.75 Å². The minimum absolute atomic E-state index is 0.0132. The number of ether oxygens (including phenoxy) is 1. The molecule has 0 bridgehead atoms. The van der Waals surface area contributed by atoms with Gasteiger partial charge in [-0.25, -0.2) is 0 Å². The quantitative estimate of drug-likeness (QED) is 0.323. The first kappa shape index (κ1) is 26.3. The number of hydrogen-bond donors (Lipinski definition) is 2. The van der Waals surface area contributed by atoms with E-state index in [-0.39, 0.29) is 29.9 Å². The van der Waals surface area contributed by atoms with Crippen molar-refractivity contribution in [1.82, 2.24) is 4.98 Å². The lowest BCUT2D eigenvalue weighted by molar-refractivity contribution is -0.137. The predicted molar refractivity (Wildman–Crippen MR) is 137 cm³/mol. The third-order valence-corrected chi connectivity index (χ3v) is 7.01. The number of halogens is 2. The number of nitrogens with zero attached hydrogens (tertiary/aromatic N) is 1. The highest BCUT2D eigenvalue weighted by Crippen LogP contribution is 2.39. The van der Waals surface area contributed by atoms with Crippen LogP contribution in [0.4, 0.5) is 14.5 Å². The SMILES string of the molecule is Cc1c(CCC(=O)O)cccc1NC(=O)[C@@H](c1ccc(-c2cncc(OC(F)F)c2)cc1)C1CCCC1. The van der Waals surface area contributed by atoms with Gasteiger partial charge in [-0.1, -0.05) is 49.2 Å². The van der Waals surface area contributed by atoms with E-state index in [2.05, 4.69) is 15.0 Å². The number of aryl methyl sites for hydroxylation is 1. The van der Waals surface area contributed by atoms with Crippen LogP contribution in [0.1, 0.15) is 54.7 Å². The van der Waals surface area contributed by atoms with Gasteiger partial charge in [0, 0.05) is 23.9 Å². The largest absolute Gasteiger partial charge is 0.481 e. The van der Waals surface area contributed by atoms with Crippen molar-refractivity contribution in [2.24, 2.45) is 5.92 Å². The zero-order chi connectivity index (χ0) is 26.4. The lowest BCUT2D eigenvalue weighted by atomic mass is 9.83. The van der Waals surface area contributed by atoms with Crippen LogP contribution >= 0.6 is 0 Å². The molecule has 194 valence electrons. The van der Waals surface area contributed by atoms with Crippen LogP contribution in [0.3, 0.4) is 0 Å². The second-order valence-electron chi connectivity index (χ2n) is 9.40. The van der Waals surface area contributed by atoms with Crippen molar-refractivity contribution < 1.29 is 28.2 Å². The van der Waals surface area contributed by atoms with Crippen molar-refractivity contribution >= 4 is 17.6 Å². The van der Waals surface area contributed by atoms with Gasteiger partial charge in [-0.3, -0.25) is 14.6 Å². The molecule has 0 spiro atoms. The van der Waals surface area contributed by atoms with E-state index in [0.717, 1.165) is 47.9 Å². The number of benzene rings is 2. The molecule has 1 amide bonds. The predicted octanol–water partition coefficient (Wildman–Crippen LogP) is 6.59. The van der Waals surface area contributed by atoms with E-state index in [4.69, 9.17) is 5.11 Å². The second-order valence-corrected chi connectivity index (χ2v) is 9.40. The number of aromatic nitrogens is 1. The fraction of sp³-hybridized carbons (Fsp3) is 0.345. The van der Waals surface area contributed by atoms with Gasteiger partial charge >= 0.3 is 12.6 Å². The zero-order valence-corrected chi connectivity index (χ0v) is 20.6. The third-order valence-electron chi connectivity index (χ3n) is 7.01. The van der Waals surface area contributed by atoms with Crippen LogP contribution in [0.2, 0.25) is 0 Å². The number of amides is 1. The van der Waals surface area contributed by atoms with Gasteiger partial charge in [-0.05, 0) is 66.5 Å². The summed E-state index contributed by atoms with van der Waals surface area (Å²) >= 11 is 0. The van der Waals surface area contributed by atoms with Gasteiger partial charge < -0.3 is 15.2 Å². The smallest absolute Gasteiger partial charge is 0.387 e. The van der Waals surface area contributed by atoms with Crippen molar-refractivity contribution in [3.05, 3.63) is 77.6 Å². The molecule has 6 nitrogen and oxygen atoms in total. The average Bonchev–Trinajstić information content (AvgIpc) is 3.39. The van der Waals surface area contributed by atoms with Gasteiger partial charge in [0.25, 0.3) is 0 Å². The Kier molecular flexibility index (Phi) is 8.48. The van der Waals surface area contributed by atoms with Crippen LogP contribution in [0.15, 0.2) is 60.9 Å². The molecular weight excluding hydrogens is 478 g/mol. The first-order chi connectivity index (χ1) is 17.8. The number of nitrogens with one attached hydrogen (secondary N) is 1. The van der Waals surface area contributed by atoms with Crippen molar-refractivity contribution in [2.45, 2.75) is 58.0 Å². The van der Waals surface area contributed by atoms with Crippen molar-refractivity contribution in [3.63, 3.8) is 0 Å². The topological polar surface area (TPSA) is 88.5 Å². The fourth-order valence-corrected chi connectivity index (χ4v) is 5.10. The van der Waals surface area contributed by atoms with Crippen LogP contribution in [0, 0.1) is 12.8 Å². The molecule has 1 aliphatic carbocycles. The molecule has 4 rings (SSSR count). The summed E-state index contributed by atoms with van der Waals surface area (Å²) in [5.41, 5.74) is 4.77. The molecule has 1 saturated carbocycles. The van der Waals surface area contributed by atoms with Gasteiger partial charge in [-0.2, -0.15) is 8.78 Å². The summed E-state index contributed by atoms with van der Waals surface area (Å²) in [5, 5.41) is 12.1. The summed E-state index contributed by atoms with van der Waals surface area (Å²) in [6.07, 6.45) is 7.34. The highest BCUT2D eigenvalue weighted by molar-refractivity contribution is 5.97. The fourth-order valence-electron chi connectivity index (χ4n) is 5.10. The number of carboxylic acids is 1. The van der Waals surface area contributed by atoms with Crippen molar-refractivity contribution in [2.75, 3.05) is 5.32 Å². The Hall–Kier alpha value is -3.81. The van der Waals surface area contributed by atoms with Crippen LogP contribution < -0.4 is 10.1 Å². The zero-order valence-electron chi connectivity index (χ0n) is 20.6. The normalized spacial score (nSPS) is 14.5. The Bertz CT molecular complexity index is 1240. The molecular formula is C29H30F2N2O4. The van der Waals surface area contributed by atoms with Gasteiger partial charge in [0.2, 0.25) is 5.91 Å². The van der Waals surface area contributed by atoms with Crippen molar-refractivity contribution in [1.29, 1.82) is 0 Å². The van der Waals surface area contributed by atoms with E-state index in [0.29, 0.717) is 17.7 Å². The number of hydrogen-bond acceptors (Lipinski definition) is 4. The molecule has 1 heterocycles. The highest BCUT2D eigenvalue weighted by Gasteiger charge is 2.32. The van der Waals surface area contributed by atoms with Gasteiger partial charge in [0.05, 0.1) is 12.1 Å². The Morgan fingerprint density at radius 1 is 1.08 bits per heavy atom. The number of pyridine rings is 1. The molecule has 1 fully saturated rings. The number of aliphatic carboxylic acids is 1. The number of anilines is 1. The highest BCUT2D eigenvalue weighted by atomic mass is 19.3. The molecule has 0 radical (unpaired) electrons. The number of rotatable bonds is 10. The minimum Gasteiger partial charge on any atom is -0.481 e. The lowest BCUT2D eigenvalue weighted by Gasteiger charge is -2.24. The summed E-state index contributed by atoms with van der Waals surface area (Å²) in [5.74, 6) is -1.09. The minimum atomic E-state index is -2.92. The van der Waals surface area contributed by atoms with E-state index in [9.17, 15) is 18.4 Å². The number of alkyl halides is 2. The Labute approximate surface area is 214 Å². The maximum atomic E-state index is 13.6. The maximum absolute atomic E-state index is 13.6. The lowest BCUT2D eigenvalue weighted by Crippen LogP contribution is -2.27. The van der Waals surface area contributed by atoms with Crippen LogP contribution in [-0.4, -0.2) is 28.6 Å². The van der Waals surface area contributed by atoms with Crippen LogP contribution in [0.25, 0.3) is 11.1 Å². The molecule has 8 heteroatoms. The monoisotopic (exact) mass is 508 g/mol. The maximum Gasteiger partial charge on any atom is 0.387 e. The van der Waals surface area contributed by atoms with Crippen LogP contribution in [0.5, 0.6) is 5.75 Å². The summed E-state index contributed by atoms with van der Waals surface area (Å²) in [7, 11) is 0. The van der Waals surface area contributed by atoms with E-state index in [1.807, 2.05) is 49.4 Å². The molecule has 0 unspecified atom stereocenters. The van der Waals surface area contributed by atoms with E-state index in [1.54, 1.807) is 6.20 Å². The van der Waals surface area contributed by atoms with Crippen molar-refractivity contribution in [3.8, 4) is 16.9 Å². The summed E-state index contributed by atoms with van der Waals surface area (Å²) < 4.78 is 29.6. The number of carbonyl (C=O) groups is 2. The average molecular weight is 509 g/mol. The summed E-state index contributed by atoms with van der Waals surface area (Å²) in [6.45, 7) is -1.03. The molecule has 37 heavy (non-hydrogen) atoms. The molecule has 2 aromatic carbocycles. The van der Waals surface area contributed by atoms with E-state index >= 15 is 0 Å². The van der Waals surface area contributed by atoms with E-state index < -0.39 is 12.6 Å². The Balaban J connectivity index is 1.56. The third kappa shape index (κ3) is 6.70. The molecule has 1 aliphatic rings. The Morgan fingerprint density at radius 3 is 2.49 bits per heavy atom. The molecule has 1 atom stereocenters. The Morgan fingerprint density at radius 2 is 1.81 bits per heavy atom. The summed E-state index contributed by atoms with van der Waals surface area (Å²) in [6, 6.07) is 14.6. The molecule has 0 aliphatic heterocycles. The molecule has 0 saturated heterocycles. The second kappa shape index (κ2) is 12.0. The first-order valence-corrected chi connectivity index (χ1v) is 12.4.